The van der Waals surface area contributed by atoms with E-state index in [9.17, 15) is 9.59 Å². The minimum Gasteiger partial charge on any atom is -0.492 e. The number of hydrogen-bond donors (Lipinski definition) is 3. The standard InChI is InChI=1S/C18H17ClN2O4S/c1-3-25-15-8-7-11(9-13(15)19)16(22)21-18(26)20-14-6-4-5-12(10(14)2)17(23)24/h4-9H,3H2,1-2H3,(H,23,24)(H2,20,21,22,26). The van der Waals surface area contributed by atoms with E-state index in [0.717, 1.165) is 0 Å². The van der Waals surface area contributed by atoms with Gasteiger partial charge >= 0.3 is 5.97 Å². The molecule has 0 spiro atoms. The Morgan fingerprint density at radius 2 is 2.00 bits per heavy atom. The molecule has 8 heteroatoms. The summed E-state index contributed by atoms with van der Waals surface area (Å²) in [7, 11) is 0. The molecule has 2 rings (SSSR count). The summed E-state index contributed by atoms with van der Waals surface area (Å²) in [5.41, 5.74) is 1.49. The van der Waals surface area contributed by atoms with Crippen LogP contribution in [0.25, 0.3) is 0 Å². The van der Waals surface area contributed by atoms with Gasteiger partial charge in [-0.2, -0.15) is 0 Å². The van der Waals surface area contributed by atoms with Crippen LogP contribution in [-0.2, 0) is 0 Å². The number of hydrogen-bond acceptors (Lipinski definition) is 4. The third kappa shape index (κ3) is 4.71. The summed E-state index contributed by atoms with van der Waals surface area (Å²) in [5, 5.41) is 14.9. The number of ether oxygens (including phenoxy) is 1. The molecule has 2 aromatic rings. The number of anilines is 1. The molecule has 0 unspecified atom stereocenters. The number of carbonyl (C=O) groups is 2. The summed E-state index contributed by atoms with van der Waals surface area (Å²) in [6.45, 7) is 3.96. The number of carbonyl (C=O) groups excluding carboxylic acids is 1. The molecule has 0 aliphatic rings. The second kappa shape index (κ2) is 8.64. The number of rotatable bonds is 5. The van der Waals surface area contributed by atoms with Crippen LogP contribution in [0.4, 0.5) is 5.69 Å². The van der Waals surface area contributed by atoms with Crippen molar-refractivity contribution < 1.29 is 19.4 Å². The lowest BCUT2D eigenvalue weighted by Gasteiger charge is -2.13. The van der Waals surface area contributed by atoms with Gasteiger partial charge in [-0.05, 0) is 62.0 Å². The summed E-state index contributed by atoms with van der Waals surface area (Å²) in [4.78, 5) is 23.5. The zero-order chi connectivity index (χ0) is 19.3. The predicted molar refractivity (Wildman–Crippen MR) is 104 cm³/mol. The van der Waals surface area contributed by atoms with Crippen molar-refractivity contribution >= 4 is 46.5 Å². The number of carboxylic acid groups (broad SMARTS) is 1. The molecule has 0 aliphatic carbocycles. The van der Waals surface area contributed by atoms with Crippen LogP contribution < -0.4 is 15.4 Å². The molecule has 0 heterocycles. The van der Waals surface area contributed by atoms with Crippen molar-refractivity contribution in [1.82, 2.24) is 5.32 Å². The Kier molecular flexibility index (Phi) is 6.54. The maximum atomic E-state index is 12.3. The van der Waals surface area contributed by atoms with E-state index in [-0.39, 0.29) is 10.7 Å². The van der Waals surface area contributed by atoms with Gasteiger partial charge in [-0.1, -0.05) is 17.7 Å². The molecule has 0 saturated carbocycles. The first-order chi connectivity index (χ1) is 12.3. The molecule has 6 nitrogen and oxygen atoms in total. The number of halogens is 1. The molecule has 0 fully saturated rings. The second-order valence-corrected chi connectivity index (χ2v) is 6.09. The van der Waals surface area contributed by atoms with E-state index in [1.807, 2.05) is 6.92 Å². The zero-order valence-corrected chi connectivity index (χ0v) is 15.7. The fourth-order valence-electron chi connectivity index (χ4n) is 2.25. The maximum absolute atomic E-state index is 12.3. The third-order valence-electron chi connectivity index (χ3n) is 3.53. The van der Waals surface area contributed by atoms with Crippen molar-refractivity contribution in [3.05, 3.63) is 58.1 Å². The highest BCUT2D eigenvalue weighted by Gasteiger charge is 2.14. The molecule has 3 N–H and O–H groups in total. The van der Waals surface area contributed by atoms with Gasteiger partial charge in [0.15, 0.2) is 5.11 Å². The first-order valence-electron chi connectivity index (χ1n) is 7.71. The van der Waals surface area contributed by atoms with E-state index in [4.69, 9.17) is 33.7 Å². The van der Waals surface area contributed by atoms with Crippen LogP contribution >= 0.6 is 23.8 Å². The lowest BCUT2D eigenvalue weighted by molar-refractivity contribution is 0.0696. The van der Waals surface area contributed by atoms with E-state index in [2.05, 4.69) is 10.6 Å². The van der Waals surface area contributed by atoms with Gasteiger partial charge in [0.05, 0.1) is 17.2 Å². The Labute approximate surface area is 161 Å². The van der Waals surface area contributed by atoms with Crippen LogP contribution in [0.2, 0.25) is 5.02 Å². The van der Waals surface area contributed by atoms with E-state index in [1.54, 1.807) is 31.2 Å². The van der Waals surface area contributed by atoms with Gasteiger partial charge < -0.3 is 15.2 Å². The maximum Gasteiger partial charge on any atom is 0.336 e. The molecule has 0 bridgehead atoms. The van der Waals surface area contributed by atoms with Crippen molar-refractivity contribution in [3.63, 3.8) is 0 Å². The Morgan fingerprint density at radius 3 is 2.62 bits per heavy atom. The van der Waals surface area contributed by atoms with Gasteiger partial charge in [0.1, 0.15) is 5.75 Å². The summed E-state index contributed by atoms with van der Waals surface area (Å²) in [6, 6.07) is 9.43. The van der Waals surface area contributed by atoms with Crippen LogP contribution in [-0.4, -0.2) is 28.7 Å². The van der Waals surface area contributed by atoms with Gasteiger partial charge in [0, 0.05) is 11.3 Å². The van der Waals surface area contributed by atoms with Crippen molar-refractivity contribution in [2.45, 2.75) is 13.8 Å². The fraction of sp³-hybridized carbons (Fsp3) is 0.167. The summed E-state index contributed by atoms with van der Waals surface area (Å²) >= 11 is 11.2. The van der Waals surface area contributed by atoms with E-state index in [1.165, 1.54) is 12.1 Å². The number of benzene rings is 2. The molecule has 0 saturated heterocycles. The van der Waals surface area contributed by atoms with Crippen molar-refractivity contribution in [3.8, 4) is 5.75 Å². The van der Waals surface area contributed by atoms with Gasteiger partial charge in [-0.15, -0.1) is 0 Å². The number of carboxylic acids is 1. The van der Waals surface area contributed by atoms with E-state index < -0.39 is 11.9 Å². The number of amides is 1. The summed E-state index contributed by atoms with van der Waals surface area (Å²) < 4.78 is 5.33. The topological polar surface area (TPSA) is 87.7 Å². The minimum absolute atomic E-state index is 0.0469. The molecular weight excluding hydrogens is 376 g/mol. The lowest BCUT2D eigenvalue weighted by Crippen LogP contribution is -2.34. The molecule has 136 valence electrons. The van der Waals surface area contributed by atoms with Crippen molar-refractivity contribution in [2.75, 3.05) is 11.9 Å². The fourth-order valence-corrected chi connectivity index (χ4v) is 2.68. The number of thiocarbonyl (C=S) groups is 1. The van der Waals surface area contributed by atoms with Gasteiger partial charge in [0.2, 0.25) is 0 Å². The first-order valence-corrected chi connectivity index (χ1v) is 8.49. The minimum atomic E-state index is -1.04. The average molecular weight is 393 g/mol. The predicted octanol–water partition coefficient (Wildman–Crippen LogP) is 3.87. The molecule has 0 radical (unpaired) electrons. The molecule has 1 amide bonds. The Hall–Kier alpha value is -2.64. The molecular formula is C18H17ClN2O4S. The van der Waals surface area contributed by atoms with Gasteiger partial charge in [-0.25, -0.2) is 4.79 Å². The lowest BCUT2D eigenvalue weighted by atomic mass is 10.1. The van der Waals surface area contributed by atoms with Gasteiger partial charge in [-0.3, -0.25) is 10.1 Å². The highest BCUT2D eigenvalue weighted by molar-refractivity contribution is 7.80. The Bertz CT molecular complexity index is 870. The highest BCUT2D eigenvalue weighted by Crippen LogP contribution is 2.25. The highest BCUT2D eigenvalue weighted by atomic mass is 35.5. The van der Waals surface area contributed by atoms with Crippen LogP contribution in [0, 0.1) is 6.92 Å². The monoisotopic (exact) mass is 392 g/mol. The Balaban J connectivity index is 2.08. The zero-order valence-electron chi connectivity index (χ0n) is 14.1. The van der Waals surface area contributed by atoms with Crippen LogP contribution in [0.15, 0.2) is 36.4 Å². The Morgan fingerprint density at radius 1 is 1.27 bits per heavy atom. The van der Waals surface area contributed by atoms with Crippen LogP contribution in [0.3, 0.4) is 0 Å². The van der Waals surface area contributed by atoms with Crippen molar-refractivity contribution in [1.29, 1.82) is 0 Å². The largest absolute Gasteiger partial charge is 0.492 e. The van der Waals surface area contributed by atoms with E-state index >= 15 is 0 Å². The quantitative estimate of drug-likeness (QED) is 0.669. The van der Waals surface area contributed by atoms with Gasteiger partial charge in [0.25, 0.3) is 5.91 Å². The molecule has 26 heavy (non-hydrogen) atoms. The van der Waals surface area contributed by atoms with Crippen LogP contribution in [0.1, 0.15) is 33.2 Å². The summed E-state index contributed by atoms with van der Waals surface area (Å²) in [6.07, 6.45) is 0. The van der Waals surface area contributed by atoms with E-state index in [0.29, 0.717) is 34.2 Å². The SMILES string of the molecule is CCOc1ccc(C(=O)NC(=S)Nc2cccc(C(=O)O)c2C)cc1Cl. The molecule has 0 aliphatic heterocycles. The molecule has 2 aromatic carbocycles. The smallest absolute Gasteiger partial charge is 0.336 e. The molecule has 0 atom stereocenters. The second-order valence-electron chi connectivity index (χ2n) is 5.27. The summed E-state index contributed by atoms with van der Waals surface area (Å²) in [5.74, 6) is -0.989. The number of nitrogens with one attached hydrogen (secondary N) is 2. The number of aromatic carboxylic acids is 1. The first kappa shape index (κ1) is 19.7. The van der Waals surface area contributed by atoms with Crippen molar-refractivity contribution in [2.24, 2.45) is 0 Å². The van der Waals surface area contributed by atoms with Crippen LogP contribution in [0.5, 0.6) is 5.75 Å². The average Bonchev–Trinajstić information content (AvgIpc) is 2.58. The normalized spacial score (nSPS) is 10.1. The molecule has 0 aromatic heterocycles. The third-order valence-corrected chi connectivity index (χ3v) is 4.03.